The molecule has 0 atom stereocenters. The fraction of sp³-hybridized carbons (Fsp3) is 0.571. The number of rotatable bonds is 0. The van der Waals surface area contributed by atoms with Gasteiger partial charge in [0.2, 0.25) is 0 Å². The molecule has 82 valence electrons. The minimum absolute atomic E-state index is 0.958. The fourth-order valence-corrected chi connectivity index (χ4v) is 0.967. The zero-order valence-corrected chi connectivity index (χ0v) is 8.78. The number of nitrogens with zero attached hydrogens (tertiary/aromatic N) is 1. The Morgan fingerprint density at radius 2 is 1.79 bits per heavy atom. The molecule has 1 rings (SSSR count). The average molecular weight is 225 g/mol. The van der Waals surface area contributed by atoms with Crippen LogP contribution in [0.2, 0.25) is 0 Å². The Kier molecular flexibility index (Phi) is 5.86. The van der Waals surface area contributed by atoms with Crippen LogP contribution in [0.5, 0.6) is 0 Å². The van der Waals surface area contributed by atoms with E-state index in [4.69, 9.17) is 18.6 Å². The summed E-state index contributed by atoms with van der Waals surface area (Å²) < 4.78 is 34.0. The van der Waals surface area contributed by atoms with E-state index in [2.05, 4.69) is 23.3 Å². The molecule has 0 aliphatic carbocycles. The van der Waals surface area contributed by atoms with Crippen LogP contribution >= 0.6 is 0 Å². The molecular formula is C7H13ClN2O4. The summed E-state index contributed by atoms with van der Waals surface area (Å²) in [7, 11) is -4.94. The highest BCUT2D eigenvalue weighted by Gasteiger charge is 1.98. The van der Waals surface area contributed by atoms with E-state index in [1.54, 1.807) is 0 Å². The Hall–Kier alpha value is -0.500. The lowest BCUT2D eigenvalue weighted by Gasteiger charge is -2.17. The standard InChI is InChI=1S/C7H12N2.ClHO4/c1-6-5-7(2)9-4-3-8-6;2-1(3,4)5/h5,8H,3-4H2,1-2H3;(H,2,3,4,5). The van der Waals surface area contributed by atoms with Crippen molar-refractivity contribution in [2.45, 2.75) is 13.8 Å². The Morgan fingerprint density at radius 3 is 2.29 bits per heavy atom. The van der Waals surface area contributed by atoms with Gasteiger partial charge in [0.05, 0.1) is 13.1 Å². The highest BCUT2D eigenvalue weighted by Crippen LogP contribution is 1.86. The topological polar surface area (TPSA) is 121 Å². The average Bonchev–Trinajstić information content (AvgIpc) is 2.09. The van der Waals surface area contributed by atoms with Crippen LogP contribution in [-0.2, 0) is 0 Å². The van der Waals surface area contributed by atoms with Crippen molar-refractivity contribution >= 4 is 5.71 Å². The van der Waals surface area contributed by atoms with Crippen LogP contribution in [0.15, 0.2) is 16.8 Å². The molecule has 0 saturated heterocycles. The van der Waals surface area contributed by atoms with E-state index in [-0.39, 0.29) is 0 Å². The molecule has 0 bridgehead atoms. The van der Waals surface area contributed by atoms with E-state index in [1.807, 2.05) is 6.92 Å². The normalized spacial score (nSPS) is 17.3. The summed E-state index contributed by atoms with van der Waals surface area (Å²) >= 11 is 0. The number of allylic oxidation sites excluding steroid dienone is 2. The maximum absolute atomic E-state index is 8.49. The molecule has 0 aromatic carbocycles. The van der Waals surface area contributed by atoms with Crippen LogP contribution in [0.1, 0.15) is 13.8 Å². The predicted octanol–water partition coefficient (Wildman–Crippen LogP) is -4.83. The van der Waals surface area contributed by atoms with Crippen LogP contribution in [0, 0.1) is 10.2 Å². The number of hydrogen-bond donors (Lipinski definition) is 1. The summed E-state index contributed by atoms with van der Waals surface area (Å²) in [4.78, 5) is 4.28. The number of hydrogen-bond acceptors (Lipinski definition) is 5. The molecule has 0 fully saturated rings. The van der Waals surface area contributed by atoms with Crippen molar-refractivity contribution < 1.29 is 34.2 Å². The number of quaternary nitrogens is 1. The molecule has 7 heteroatoms. The Balaban J connectivity index is 0.000000292. The summed E-state index contributed by atoms with van der Waals surface area (Å²) in [6.07, 6.45) is 2.12. The van der Waals surface area contributed by atoms with Gasteiger partial charge >= 0.3 is 0 Å². The summed E-state index contributed by atoms with van der Waals surface area (Å²) in [6.45, 7) is 6.21. The smallest absolute Gasteiger partial charge is 0.104 e. The predicted molar refractivity (Wildman–Crippen MR) is 38.5 cm³/mol. The first-order chi connectivity index (χ1) is 6.29. The van der Waals surface area contributed by atoms with Gasteiger partial charge in [0, 0.05) is 18.7 Å². The first-order valence-corrected chi connectivity index (χ1v) is 5.17. The summed E-state index contributed by atoms with van der Waals surface area (Å²) in [5.74, 6) is 0. The van der Waals surface area contributed by atoms with Crippen LogP contribution in [0.25, 0.3) is 0 Å². The van der Waals surface area contributed by atoms with Gasteiger partial charge in [0.15, 0.2) is 0 Å². The van der Waals surface area contributed by atoms with Crippen molar-refractivity contribution in [1.29, 1.82) is 0 Å². The molecule has 0 unspecified atom stereocenters. The lowest BCUT2D eigenvalue weighted by Crippen LogP contribution is -2.82. The van der Waals surface area contributed by atoms with Crippen LogP contribution in [0.4, 0.5) is 0 Å². The van der Waals surface area contributed by atoms with Crippen LogP contribution < -0.4 is 24.0 Å². The minimum Gasteiger partial charge on any atom is -0.316 e. The second kappa shape index (κ2) is 6.07. The molecule has 1 aliphatic rings. The minimum atomic E-state index is -4.94. The quantitative estimate of drug-likeness (QED) is 0.444. The van der Waals surface area contributed by atoms with Crippen molar-refractivity contribution in [3.63, 3.8) is 0 Å². The molecule has 6 nitrogen and oxygen atoms in total. The van der Waals surface area contributed by atoms with E-state index in [9.17, 15) is 0 Å². The van der Waals surface area contributed by atoms with Gasteiger partial charge in [0.25, 0.3) is 0 Å². The van der Waals surface area contributed by atoms with Gasteiger partial charge in [-0.25, -0.2) is 18.6 Å². The molecule has 2 N–H and O–H groups in total. The number of nitrogens with two attached hydrogens (primary N) is 1. The Labute approximate surface area is 84.3 Å². The summed E-state index contributed by atoms with van der Waals surface area (Å²) in [5, 5.41) is 2.22. The third-order valence-corrected chi connectivity index (χ3v) is 1.39. The van der Waals surface area contributed by atoms with Gasteiger partial charge in [-0.2, -0.15) is 0 Å². The lowest BCUT2D eigenvalue weighted by molar-refractivity contribution is -2.00. The Morgan fingerprint density at radius 1 is 1.29 bits per heavy atom. The van der Waals surface area contributed by atoms with Crippen molar-refractivity contribution in [1.82, 2.24) is 0 Å². The molecular weight excluding hydrogens is 212 g/mol. The van der Waals surface area contributed by atoms with E-state index in [1.165, 1.54) is 5.70 Å². The maximum atomic E-state index is 8.49. The molecule has 14 heavy (non-hydrogen) atoms. The van der Waals surface area contributed by atoms with Gasteiger partial charge < -0.3 is 5.32 Å². The Bertz CT molecular complexity index is 228. The SMILES string of the molecule is CC1=CC(C)=NCC[NH2+]1.[O-][Cl+3]([O-])([O-])[O-]. The molecule has 1 heterocycles. The monoisotopic (exact) mass is 224 g/mol. The van der Waals surface area contributed by atoms with Gasteiger partial charge in [-0.1, -0.05) is 0 Å². The molecule has 0 aromatic rings. The molecule has 0 radical (unpaired) electrons. The lowest BCUT2D eigenvalue weighted by atomic mass is 10.3. The highest BCUT2D eigenvalue weighted by molar-refractivity contribution is 5.93. The van der Waals surface area contributed by atoms with E-state index >= 15 is 0 Å². The first-order valence-electron chi connectivity index (χ1n) is 3.93. The first kappa shape index (κ1) is 13.5. The van der Waals surface area contributed by atoms with Crippen LogP contribution in [0.3, 0.4) is 0 Å². The fourth-order valence-electron chi connectivity index (χ4n) is 0.967. The van der Waals surface area contributed by atoms with E-state index in [0.717, 1.165) is 18.8 Å². The maximum Gasteiger partial charge on any atom is 0.104 e. The molecule has 0 saturated carbocycles. The molecule has 0 aromatic heterocycles. The third-order valence-electron chi connectivity index (χ3n) is 1.39. The molecule has 0 amide bonds. The van der Waals surface area contributed by atoms with E-state index in [0.29, 0.717) is 0 Å². The summed E-state index contributed by atoms with van der Waals surface area (Å²) in [5.41, 5.74) is 2.50. The van der Waals surface area contributed by atoms with Crippen LogP contribution in [-0.4, -0.2) is 18.8 Å². The van der Waals surface area contributed by atoms with E-state index < -0.39 is 10.2 Å². The van der Waals surface area contributed by atoms with Crippen molar-refractivity contribution in [2.24, 2.45) is 4.99 Å². The highest BCUT2D eigenvalue weighted by atomic mass is 35.7. The zero-order valence-electron chi connectivity index (χ0n) is 8.03. The number of aliphatic imine (C=N–C) groups is 1. The van der Waals surface area contributed by atoms with Gasteiger partial charge in [-0.3, -0.25) is 4.99 Å². The van der Waals surface area contributed by atoms with Crippen molar-refractivity contribution in [3.8, 4) is 0 Å². The molecule has 0 spiro atoms. The molecule has 1 aliphatic heterocycles. The van der Waals surface area contributed by atoms with Gasteiger partial charge in [0.1, 0.15) is 5.70 Å². The number of halogens is 1. The zero-order chi connectivity index (χ0) is 11.2. The second-order valence-electron chi connectivity index (χ2n) is 2.78. The van der Waals surface area contributed by atoms with Gasteiger partial charge in [-0.15, -0.1) is 10.2 Å². The van der Waals surface area contributed by atoms with Gasteiger partial charge in [-0.05, 0) is 6.92 Å². The summed E-state index contributed by atoms with van der Waals surface area (Å²) in [6, 6.07) is 0. The van der Waals surface area contributed by atoms with Crippen molar-refractivity contribution in [2.75, 3.05) is 13.1 Å². The largest absolute Gasteiger partial charge is 0.316 e. The van der Waals surface area contributed by atoms with Crippen molar-refractivity contribution in [3.05, 3.63) is 11.8 Å². The second-order valence-corrected chi connectivity index (χ2v) is 3.54. The third kappa shape index (κ3) is 11.5.